The molecule has 1 aromatic heterocycles. The zero-order valence-electron chi connectivity index (χ0n) is 36.1. The van der Waals surface area contributed by atoms with Crippen molar-refractivity contribution >= 4 is 71.2 Å². The van der Waals surface area contributed by atoms with Crippen LogP contribution in [0.4, 0.5) is 17.1 Å². The fraction of sp³-hybridized carbons (Fsp3) is 0. The number of anilines is 3. The Morgan fingerprint density at radius 2 is 0.667 bits per heavy atom. The Labute approximate surface area is 383 Å². The van der Waals surface area contributed by atoms with Gasteiger partial charge in [-0.25, -0.2) is 0 Å². The maximum Gasteiger partial charge on any atom is 0.0541 e. The second kappa shape index (κ2) is 15.5. The summed E-state index contributed by atoms with van der Waals surface area (Å²) in [7, 11) is 0. The number of benzene rings is 12. The van der Waals surface area contributed by atoms with Crippen molar-refractivity contribution in [2.45, 2.75) is 0 Å². The van der Waals surface area contributed by atoms with Gasteiger partial charge in [0.2, 0.25) is 0 Å². The Bertz CT molecular complexity index is 3870. The molecular formula is C64H42N2. The highest BCUT2D eigenvalue weighted by Gasteiger charge is 2.22. The fourth-order valence-corrected chi connectivity index (χ4v) is 10.4. The average Bonchev–Trinajstić information content (AvgIpc) is 3.73. The quantitative estimate of drug-likeness (QED) is 0.138. The first kappa shape index (κ1) is 37.8. The first-order chi connectivity index (χ1) is 32.7. The third kappa shape index (κ3) is 6.26. The van der Waals surface area contributed by atoms with Crippen LogP contribution < -0.4 is 4.90 Å². The van der Waals surface area contributed by atoms with E-state index in [0.717, 1.165) is 28.2 Å². The van der Waals surface area contributed by atoms with E-state index in [-0.39, 0.29) is 0 Å². The van der Waals surface area contributed by atoms with Crippen molar-refractivity contribution in [3.63, 3.8) is 0 Å². The molecule has 0 bridgehead atoms. The average molecular weight is 839 g/mol. The Balaban J connectivity index is 1.01. The highest BCUT2D eigenvalue weighted by atomic mass is 15.1. The van der Waals surface area contributed by atoms with E-state index < -0.39 is 0 Å². The Hall–Kier alpha value is -8.72. The number of para-hydroxylation sites is 2. The first-order valence-electron chi connectivity index (χ1n) is 22.7. The molecule has 0 saturated heterocycles. The maximum atomic E-state index is 2.46. The van der Waals surface area contributed by atoms with E-state index in [0.29, 0.717) is 0 Å². The summed E-state index contributed by atoms with van der Waals surface area (Å²) in [5.74, 6) is 0. The van der Waals surface area contributed by atoms with Gasteiger partial charge in [-0.05, 0) is 121 Å². The van der Waals surface area contributed by atoms with Gasteiger partial charge < -0.3 is 9.47 Å². The highest BCUT2D eigenvalue weighted by Crippen LogP contribution is 2.47. The van der Waals surface area contributed by atoms with Gasteiger partial charge in [-0.15, -0.1) is 0 Å². The maximum absolute atomic E-state index is 2.46. The van der Waals surface area contributed by atoms with Crippen LogP contribution in [0.5, 0.6) is 0 Å². The third-order valence-electron chi connectivity index (χ3n) is 13.5. The summed E-state index contributed by atoms with van der Waals surface area (Å²) in [5.41, 5.74) is 16.4. The number of hydrogen-bond donors (Lipinski definition) is 0. The van der Waals surface area contributed by atoms with Gasteiger partial charge in [0.15, 0.2) is 0 Å². The van der Waals surface area contributed by atoms with Crippen LogP contribution >= 0.6 is 0 Å². The van der Waals surface area contributed by atoms with Gasteiger partial charge in [0.1, 0.15) is 0 Å². The van der Waals surface area contributed by atoms with Gasteiger partial charge in [-0.1, -0.05) is 200 Å². The largest absolute Gasteiger partial charge is 0.310 e. The minimum Gasteiger partial charge on any atom is -0.310 e. The number of nitrogens with zero attached hydrogens (tertiary/aromatic N) is 2. The monoisotopic (exact) mass is 838 g/mol. The third-order valence-corrected chi connectivity index (χ3v) is 13.5. The normalized spacial score (nSPS) is 11.6. The number of hydrogen-bond acceptors (Lipinski definition) is 1. The summed E-state index contributed by atoms with van der Waals surface area (Å²) < 4.78 is 2.46. The molecular weight excluding hydrogens is 797 g/mol. The molecule has 1 heterocycles. The Morgan fingerprint density at radius 3 is 1.29 bits per heavy atom. The molecule has 0 aliphatic carbocycles. The highest BCUT2D eigenvalue weighted by molar-refractivity contribution is 6.27. The summed E-state index contributed by atoms with van der Waals surface area (Å²) in [4.78, 5) is 2.46. The Morgan fingerprint density at radius 1 is 0.258 bits per heavy atom. The van der Waals surface area contributed by atoms with Gasteiger partial charge in [-0.2, -0.15) is 0 Å². The van der Waals surface area contributed by atoms with Gasteiger partial charge in [0, 0.05) is 32.9 Å². The molecule has 308 valence electrons. The number of fused-ring (bicyclic) bond motifs is 3. The van der Waals surface area contributed by atoms with Crippen LogP contribution in [0.2, 0.25) is 0 Å². The summed E-state index contributed by atoms with van der Waals surface area (Å²) in [5, 5.41) is 9.99. The predicted molar refractivity (Wildman–Crippen MR) is 281 cm³/mol. The molecule has 2 nitrogen and oxygen atoms in total. The minimum atomic E-state index is 1.09. The fourth-order valence-electron chi connectivity index (χ4n) is 10.4. The van der Waals surface area contributed by atoms with Crippen molar-refractivity contribution in [3.05, 3.63) is 255 Å². The molecule has 0 fully saturated rings. The van der Waals surface area contributed by atoms with Crippen molar-refractivity contribution in [2.75, 3.05) is 4.90 Å². The Kier molecular flexibility index (Phi) is 8.89. The second-order valence-corrected chi connectivity index (χ2v) is 17.3. The summed E-state index contributed by atoms with van der Waals surface area (Å²) in [6.45, 7) is 0. The topological polar surface area (TPSA) is 8.17 Å². The van der Waals surface area contributed by atoms with Crippen LogP contribution in [0.15, 0.2) is 255 Å². The molecule has 13 aromatic rings. The van der Waals surface area contributed by atoms with Crippen LogP contribution in [-0.4, -0.2) is 4.57 Å². The molecule has 0 amide bonds. The van der Waals surface area contributed by atoms with E-state index >= 15 is 0 Å². The summed E-state index contributed by atoms with van der Waals surface area (Å²) >= 11 is 0. The van der Waals surface area contributed by atoms with Gasteiger partial charge in [-0.3, -0.25) is 0 Å². The standard InChI is InChI=1S/C64H42N2/c1-3-14-43(15-4-1)45-28-30-46(31-29-45)51-20-12-22-53(41-51)65(54-23-13-21-52(42-54)50-19-11-18-49(40-50)44-16-5-2-6-17-44)61-38-34-47-33-37-58-62(39-35-48-32-36-57(61)63(47)64(48)58)66-59-26-9-7-24-55(59)56-25-8-10-27-60(56)66/h1-42H. The van der Waals surface area contributed by atoms with Gasteiger partial charge in [0.05, 0.1) is 22.4 Å². The van der Waals surface area contributed by atoms with Crippen LogP contribution in [0.3, 0.4) is 0 Å². The van der Waals surface area contributed by atoms with Crippen molar-refractivity contribution in [3.8, 4) is 50.2 Å². The summed E-state index contributed by atoms with van der Waals surface area (Å²) in [6.07, 6.45) is 0. The van der Waals surface area contributed by atoms with E-state index in [4.69, 9.17) is 0 Å². The molecule has 0 spiro atoms. The molecule has 2 heteroatoms. The van der Waals surface area contributed by atoms with E-state index in [9.17, 15) is 0 Å². The van der Waals surface area contributed by atoms with Crippen molar-refractivity contribution < 1.29 is 0 Å². The molecule has 0 unspecified atom stereocenters. The predicted octanol–water partition coefficient (Wildman–Crippen LogP) is 17.8. The lowest BCUT2D eigenvalue weighted by molar-refractivity contribution is 1.20. The lowest BCUT2D eigenvalue weighted by Crippen LogP contribution is -2.11. The molecule has 13 rings (SSSR count). The van der Waals surface area contributed by atoms with E-state index in [1.807, 2.05) is 0 Å². The second-order valence-electron chi connectivity index (χ2n) is 17.3. The molecule has 0 aliphatic rings. The van der Waals surface area contributed by atoms with E-state index in [1.165, 1.54) is 93.2 Å². The molecule has 0 aliphatic heterocycles. The zero-order chi connectivity index (χ0) is 43.6. The van der Waals surface area contributed by atoms with Crippen molar-refractivity contribution in [1.29, 1.82) is 0 Å². The number of rotatable bonds is 8. The van der Waals surface area contributed by atoms with Crippen LogP contribution in [0, 0.1) is 0 Å². The lowest BCUT2D eigenvalue weighted by atomic mass is 9.92. The van der Waals surface area contributed by atoms with Crippen LogP contribution in [-0.2, 0) is 0 Å². The van der Waals surface area contributed by atoms with Crippen LogP contribution in [0.1, 0.15) is 0 Å². The summed E-state index contributed by atoms with van der Waals surface area (Å²) in [6, 6.07) is 93.3. The van der Waals surface area contributed by atoms with Crippen molar-refractivity contribution in [2.24, 2.45) is 0 Å². The van der Waals surface area contributed by atoms with E-state index in [2.05, 4.69) is 264 Å². The first-order valence-corrected chi connectivity index (χ1v) is 22.7. The van der Waals surface area contributed by atoms with E-state index in [1.54, 1.807) is 0 Å². The van der Waals surface area contributed by atoms with Crippen LogP contribution in [0.25, 0.3) is 104 Å². The molecule has 0 atom stereocenters. The van der Waals surface area contributed by atoms with Crippen molar-refractivity contribution in [1.82, 2.24) is 4.57 Å². The molecule has 0 N–H and O–H groups in total. The number of aromatic nitrogens is 1. The molecule has 12 aromatic carbocycles. The SMILES string of the molecule is c1ccc(-c2ccc(-c3cccc(N(c4cccc(-c5cccc(-c6ccccc6)c5)c4)c4ccc5ccc6c(-n7c8ccccc8c8ccccc87)ccc7ccc4c5c76)c3)cc2)cc1. The van der Waals surface area contributed by atoms with Gasteiger partial charge >= 0.3 is 0 Å². The smallest absolute Gasteiger partial charge is 0.0541 e. The molecule has 66 heavy (non-hydrogen) atoms. The zero-order valence-corrected chi connectivity index (χ0v) is 36.1. The minimum absolute atomic E-state index is 1.09. The van der Waals surface area contributed by atoms with Gasteiger partial charge in [0.25, 0.3) is 0 Å². The molecule has 0 saturated carbocycles. The molecule has 0 radical (unpaired) electrons. The lowest BCUT2D eigenvalue weighted by Gasteiger charge is -2.29.